The smallest absolute Gasteiger partial charge is 0.276 e. The maximum absolute atomic E-state index is 12.7. The van der Waals surface area contributed by atoms with Crippen molar-refractivity contribution >= 4 is 5.91 Å². The number of para-hydroxylation sites is 1. The van der Waals surface area contributed by atoms with Crippen LogP contribution in [0.5, 0.6) is 0 Å². The molecule has 24 heavy (non-hydrogen) atoms. The second kappa shape index (κ2) is 7.52. The zero-order chi connectivity index (χ0) is 16.8. The van der Waals surface area contributed by atoms with Crippen molar-refractivity contribution in [2.45, 2.75) is 6.54 Å². The molecule has 2 aromatic carbocycles. The number of benzene rings is 2. The van der Waals surface area contributed by atoms with Crippen molar-refractivity contribution in [3.63, 3.8) is 0 Å². The molecule has 6 nitrogen and oxygen atoms in total. The van der Waals surface area contributed by atoms with Crippen LogP contribution in [-0.4, -0.2) is 44.1 Å². The van der Waals surface area contributed by atoms with Crippen molar-refractivity contribution in [3.05, 3.63) is 78.1 Å². The van der Waals surface area contributed by atoms with Crippen molar-refractivity contribution in [1.82, 2.24) is 19.9 Å². The Balaban J connectivity index is 1.79. The number of aliphatic hydroxyl groups is 1. The van der Waals surface area contributed by atoms with Gasteiger partial charge < -0.3 is 10.0 Å². The molecule has 0 aliphatic carbocycles. The van der Waals surface area contributed by atoms with Crippen molar-refractivity contribution in [1.29, 1.82) is 0 Å². The van der Waals surface area contributed by atoms with E-state index in [4.69, 9.17) is 0 Å². The summed E-state index contributed by atoms with van der Waals surface area (Å²) in [5.41, 5.74) is 2.08. The zero-order valence-corrected chi connectivity index (χ0v) is 13.1. The van der Waals surface area contributed by atoms with Crippen LogP contribution in [0.25, 0.3) is 5.69 Å². The molecule has 3 aromatic rings. The van der Waals surface area contributed by atoms with Gasteiger partial charge in [0.1, 0.15) is 0 Å². The number of nitrogens with zero attached hydrogens (tertiary/aromatic N) is 4. The molecule has 1 N–H and O–H groups in total. The van der Waals surface area contributed by atoms with Crippen LogP contribution in [0.4, 0.5) is 0 Å². The Morgan fingerprint density at radius 3 is 2.38 bits per heavy atom. The monoisotopic (exact) mass is 322 g/mol. The van der Waals surface area contributed by atoms with Gasteiger partial charge in [-0.15, -0.1) is 5.10 Å². The van der Waals surface area contributed by atoms with Crippen molar-refractivity contribution in [2.75, 3.05) is 13.2 Å². The van der Waals surface area contributed by atoms with E-state index in [0.717, 1.165) is 11.3 Å². The predicted molar refractivity (Wildman–Crippen MR) is 89.6 cm³/mol. The van der Waals surface area contributed by atoms with Crippen LogP contribution < -0.4 is 0 Å². The molecular formula is C18H18N4O2. The molecule has 1 heterocycles. The van der Waals surface area contributed by atoms with Gasteiger partial charge in [-0.25, -0.2) is 4.68 Å². The van der Waals surface area contributed by atoms with Crippen molar-refractivity contribution < 1.29 is 9.90 Å². The molecule has 3 rings (SSSR count). The van der Waals surface area contributed by atoms with Crippen LogP contribution in [0, 0.1) is 0 Å². The van der Waals surface area contributed by atoms with Gasteiger partial charge in [-0.2, -0.15) is 0 Å². The molecule has 0 saturated carbocycles. The number of rotatable bonds is 6. The molecule has 1 amide bonds. The molecule has 6 heteroatoms. The Hall–Kier alpha value is -2.99. The predicted octanol–water partition coefficient (Wildman–Crippen LogP) is 1.90. The maximum Gasteiger partial charge on any atom is 0.276 e. The van der Waals surface area contributed by atoms with E-state index in [2.05, 4.69) is 10.3 Å². The Labute approximate surface area is 140 Å². The summed E-state index contributed by atoms with van der Waals surface area (Å²) >= 11 is 0. The van der Waals surface area contributed by atoms with E-state index in [9.17, 15) is 9.90 Å². The summed E-state index contributed by atoms with van der Waals surface area (Å²) in [7, 11) is 0. The number of carbonyl (C=O) groups excluding carboxylic acids is 1. The third-order valence-corrected chi connectivity index (χ3v) is 3.61. The van der Waals surface area contributed by atoms with Gasteiger partial charge in [-0.05, 0) is 17.7 Å². The van der Waals surface area contributed by atoms with Gasteiger partial charge in [0.05, 0.1) is 18.5 Å². The first-order chi connectivity index (χ1) is 11.8. The molecule has 1 aromatic heterocycles. The van der Waals surface area contributed by atoms with Gasteiger partial charge in [-0.3, -0.25) is 4.79 Å². The molecule has 0 fully saturated rings. The van der Waals surface area contributed by atoms with E-state index in [1.165, 1.54) is 0 Å². The fourth-order valence-electron chi connectivity index (χ4n) is 2.41. The standard InChI is InChI=1S/C18H18N4O2/c23-12-11-21(13-15-7-3-1-4-8-15)18(24)17-14-22(20-19-17)16-9-5-2-6-10-16/h1-10,14,23H,11-13H2. The molecule has 0 unspecified atom stereocenters. The van der Waals surface area contributed by atoms with Gasteiger partial charge >= 0.3 is 0 Å². The summed E-state index contributed by atoms with van der Waals surface area (Å²) in [6, 6.07) is 19.1. The first kappa shape index (κ1) is 15.9. The van der Waals surface area contributed by atoms with E-state index in [1.807, 2.05) is 60.7 Å². The van der Waals surface area contributed by atoms with Crippen LogP contribution >= 0.6 is 0 Å². The lowest BCUT2D eigenvalue weighted by atomic mass is 10.2. The lowest BCUT2D eigenvalue weighted by molar-refractivity contribution is 0.0702. The fraction of sp³-hybridized carbons (Fsp3) is 0.167. The summed E-state index contributed by atoms with van der Waals surface area (Å²) in [4.78, 5) is 14.2. The quantitative estimate of drug-likeness (QED) is 0.752. The molecule has 0 radical (unpaired) electrons. The zero-order valence-electron chi connectivity index (χ0n) is 13.1. The van der Waals surface area contributed by atoms with Gasteiger partial charge in [0.2, 0.25) is 0 Å². The average Bonchev–Trinajstić information content (AvgIpc) is 3.12. The number of aromatic nitrogens is 3. The number of aliphatic hydroxyl groups excluding tert-OH is 1. The lowest BCUT2D eigenvalue weighted by Gasteiger charge is -2.20. The van der Waals surface area contributed by atoms with Crippen LogP contribution in [0.1, 0.15) is 16.1 Å². The van der Waals surface area contributed by atoms with Crippen LogP contribution in [0.15, 0.2) is 66.9 Å². The van der Waals surface area contributed by atoms with E-state index in [0.29, 0.717) is 6.54 Å². The summed E-state index contributed by atoms with van der Waals surface area (Å²) < 4.78 is 1.56. The number of hydrogen-bond acceptors (Lipinski definition) is 4. The third-order valence-electron chi connectivity index (χ3n) is 3.61. The Morgan fingerprint density at radius 1 is 1.04 bits per heavy atom. The van der Waals surface area contributed by atoms with Crippen LogP contribution in [0.2, 0.25) is 0 Å². The van der Waals surface area contributed by atoms with Crippen molar-refractivity contribution in [3.8, 4) is 5.69 Å². The fourth-order valence-corrected chi connectivity index (χ4v) is 2.41. The van der Waals surface area contributed by atoms with E-state index in [-0.39, 0.29) is 24.8 Å². The van der Waals surface area contributed by atoms with Crippen LogP contribution in [-0.2, 0) is 6.54 Å². The highest BCUT2D eigenvalue weighted by Gasteiger charge is 2.19. The van der Waals surface area contributed by atoms with E-state index >= 15 is 0 Å². The first-order valence-electron chi connectivity index (χ1n) is 7.70. The van der Waals surface area contributed by atoms with Crippen LogP contribution in [0.3, 0.4) is 0 Å². The molecule has 0 aliphatic heterocycles. The highest BCUT2D eigenvalue weighted by atomic mass is 16.3. The summed E-state index contributed by atoms with van der Waals surface area (Å²) in [6.45, 7) is 0.551. The Kier molecular flexibility index (Phi) is 4.98. The van der Waals surface area contributed by atoms with E-state index < -0.39 is 0 Å². The Morgan fingerprint density at radius 2 is 1.71 bits per heavy atom. The van der Waals surface area contributed by atoms with Gasteiger partial charge in [0.25, 0.3) is 5.91 Å². The minimum Gasteiger partial charge on any atom is -0.395 e. The second-order valence-electron chi connectivity index (χ2n) is 5.32. The average molecular weight is 322 g/mol. The molecule has 0 aliphatic rings. The summed E-state index contributed by atoms with van der Waals surface area (Å²) in [5.74, 6) is -0.255. The molecule has 0 bridgehead atoms. The molecular weight excluding hydrogens is 304 g/mol. The van der Waals surface area contributed by atoms with Gasteiger partial charge in [0, 0.05) is 13.1 Å². The first-order valence-corrected chi connectivity index (χ1v) is 7.70. The summed E-state index contributed by atoms with van der Waals surface area (Å²) in [6.07, 6.45) is 1.60. The highest BCUT2D eigenvalue weighted by molar-refractivity contribution is 5.92. The maximum atomic E-state index is 12.7. The van der Waals surface area contributed by atoms with E-state index in [1.54, 1.807) is 15.8 Å². The molecule has 0 spiro atoms. The molecule has 122 valence electrons. The number of amides is 1. The third kappa shape index (κ3) is 3.67. The minimum atomic E-state index is -0.255. The highest BCUT2D eigenvalue weighted by Crippen LogP contribution is 2.10. The largest absolute Gasteiger partial charge is 0.395 e. The topological polar surface area (TPSA) is 71.2 Å². The van der Waals surface area contributed by atoms with Gasteiger partial charge in [-0.1, -0.05) is 53.7 Å². The van der Waals surface area contributed by atoms with Gasteiger partial charge in [0.15, 0.2) is 5.69 Å². The normalized spacial score (nSPS) is 10.5. The SMILES string of the molecule is O=C(c1cn(-c2ccccc2)nn1)N(CCO)Cc1ccccc1. The second-order valence-corrected chi connectivity index (χ2v) is 5.32. The Bertz CT molecular complexity index is 787. The lowest BCUT2D eigenvalue weighted by Crippen LogP contribution is -2.33. The summed E-state index contributed by atoms with van der Waals surface area (Å²) in [5, 5.41) is 17.2. The van der Waals surface area contributed by atoms with Crippen molar-refractivity contribution in [2.24, 2.45) is 0 Å². The molecule has 0 atom stereocenters. The molecule has 0 saturated heterocycles. The number of hydrogen-bond donors (Lipinski definition) is 1. The minimum absolute atomic E-state index is 0.106. The number of carbonyl (C=O) groups is 1.